The van der Waals surface area contributed by atoms with Crippen LogP contribution in [-0.4, -0.2) is 42.1 Å². The third-order valence-corrected chi connectivity index (χ3v) is 6.42. The van der Waals surface area contributed by atoms with Crippen LogP contribution in [0.3, 0.4) is 0 Å². The second-order valence-electron chi connectivity index (χ2n) is 8.98. The highest BCUT2D eigenvalue weighted by molar-refractivity contribution is 5.95. The van der Waals surface area contributed by atoms with Crippen LogP contribution in [0.1, 0.15) is 70.7 Å². The van der Waals surface area contributed by atoms with Gasteiger partial charge >= 0.3 is 5.97 Å². The SMILES string of the molecule is O=C(NCCNC(=O)c1ccc(C2CC2)c(F)c1)c1ccc(OC2CCC(C(=O)O)CC2)cc1. The maximum atomic E-state index is 14.1. The van der Waals surface area contributed by atoms with Gasteiger partial charge in [-0.25, -0.2) is 4.39 Å². The maximum absolute atomic E-state index is 14.1. The number of amides is 2. The predicted molar refractivity (Wildman–Crippen MR) is 123 cm³/mol. The van der Waals surface area contributed by atoms with Crippen molar-refractivity contribution in [2.24, 2.45) is 5.92 Å². The van der Waals surface area contributed by atoms with E-state index in [4.69, 9.17) is 9.84 Å². The van der Waals surface area contributed by atoms with E-state index < -0.39 is 5.97 Å². The Hall–Kier alpha value is -3.42. The average Bonchev–Trinajstić information content (AvgIpc) is 3.67. The second kappa shape index (κ2) is 10.7. The van der Waals surface area contributed by atoms with Crippen LogP contribution in [0.5, 0.6) is 5.75 Å². The van der Waals surface area contributed by atoms with Gasteiger partial charge in [0, 0.05) is 24.2 Å². The van der Waals surface area contributed by atoms with Gasteiger partial charge in [-0.1, -0.05) is 6.07 Å². The molecule has 7 nitrogen and oxygen atoms in total. The van der Waals surface area contributed by atoms with Crippen molar-refractivity contribution in [2.45, 2.75) is 50.5 Å². The molecule has 2 aliphatic rings. The standard InChI is InChI=1S/C26H29FN2O5/c27-23-15-19(7-12-22(23)16-1-2-16)25(31)29-14-13-28-24(30)17-3-8-20(9-4-17)34-21-10-5-18(6-11-21)26(32)33/h3-4,7-9,12,15-16,18,21H,1-2,5-6,10-11,13-14H2,(H,28,30)(H,29,31)(H,32,33). The van der Waals surface area contributed by atoms with Crippen LogP contribution >= 0.6 is 0 Å². The number of benzene rings is 2. The number of carbonyl (C=O) groups is 3. The van der Waals surface area contributed by atoms with Gasteiger partial charge in [-0.05, 0) is 86.4 Å². The van der Waals surface area contributed by atoms with E-state index in [9.17, 15) is 18.8 Å². The molecule has 2 aromatic rings. The Balaban J connectivity index is 1.17. The Labute approximate surface area is 197 Å². The first-order valence-corrected chi connectivity index (χ1v) is 11.8. The molecule has 0 radical (unpaired) electrons. The minimum absolute atomic E-state index is 0.0164. The summed E-state index contributed by atoms with van der Waals surface area (Å²) < 4.78 is 20.0. The predicted octanol–water partition coefficient (Wildman–Crippen LogP) is 3.89. The molecule has 2 aromatic carbocycles. The van der Waals surface area contributed by atoms with E-state index in [-0.39, 0.29) is 54.2 Å². The van der Waals surface area contributed by atoms with E-state index in [1.54, 1.807) is 36.4 Å². The zero-order valence-electron chi connectivity index (χ0n) is 18.9. The fourth-order valence-electron chi connectivity index (χ4n) is 4.25. The van der Waals surface area contributed by atoms with Crippen LogP contribution in [0.4, 0.5) is 4.39 Å². The minimum atomic E-state index is -0.746. The lowest BCUT2D eigenvalue weighted by Gasteiger charge is -2.26. The summed E-state index contributed by atoms with van der Waals surface area (Å²) in [5.41, 5.74) is 1.40. The topological polar surface area (TPSA) is 105 Å². The number of rotatable bonds is 9. The smallest absolute Gasteiger partial charge is 0.306 e. The van der Waals surface area contributed by atoms with E-state index in [0.29, 0.717) is 42.6 Å². The number of carboxylic acid groups (broad SMARTS) is 1. The Kier molecular flexibility index (Phi) is 7.45. The lowest BCUT2D eigenvalue weighted by Crippen LogP contribution is -2.34. The van der Waals surface area contributed by atoms with Crippen LogP contribution in [-0.2, 0) is 4.79 Å². The molecule has 0 aromatic heterocycles. The molecule has 0 spiro atoms. The third-order valence-electron chi connectivity index (χ3n) is 6.42. The molecule has 2 saturated carbocycles. The van der Waals surface area contributed by atoms with Gasteiger partial charge < -0.3 is 20.5 Å². The first kappa shape index (κ1) is 23.7. The fraction of sp³-hybridized carbons (Fsp3) is 0.423. The first-order chi connectivity index (χ1) is 16.4. The number of carbonyl (C=O) groups excluding carboxylic acids is 2. The maximum Gasteiger partial charge on any atom is 0.306 e. The molecule has 2 aliphatic carbocycles. The van der Waals surface area contributed by atoms with E-state index in [1.165, 1.54) is 6.07 Å². The number of nitrogens with one attached hydrogen (secondary N) is 2. The third kappa shape index (κ3) is 6.12. The molecule has 0 bridgehead atoms. The van der Waals surface area contributed by atoms with Crippen LogP contribution in [0, 0.1) is 11.7 Å². The zero-order chi connectivity index (χ0) is 24.1. The number of hydrogen-bond donors (Lipinski definition) is 3. The molecule has 3 N–H and O–H groups in total. The summed E-state index contributed by atoms with van der Waals surface area (Å²) in [5.74, 6) is -1.11. The monoisotopic (exact) mass is 468 g/mol. The molecule has 34 heavy (non-hydrogen) atoms. The summed E-state index contributed by atoms with van der Waals surface area (Å²) >= 11 is 0. The Bertz CT molecular complexity index is 1040. The molecule has 4 rings (SSSR count). The normalized spacial score (nSPS) is 19.8. The highest BCUT2D eigenvalue weighted by Gasteiger charge is 2.27. The van der Waals surface area contributed by atoms with Crippen LogP contribution < -0.4 is 15.4 Å². The van der Waals surface area contributed by atoms with E-state index in [1.807, 2.05) is 0 Å². The molecule has 0 aliphatic heterocycles. The Morgan fingerprint density at radius 3 is 2.00 bits per heavy atom. The Morgan fingerprint density at radius 1 is 0.853 bits per heavy atom. The number of ether oxygens (including phenoxy) is 1. The van der Waals surface area contributed by atoms with Gasteiger partial charge in [0.2, 0.25) is 0 Å². The van der Waals surface area contributed by atoms with Crippen molar-refractivity contribution in [3.05, 3.63) is 65.0 Å². The number of aliphatic carboxylic acids is 1. The van der Waals surface area contributed by atoms with Gasteiger partial charge in [0.25, 0.3) is 11.8 Å². The number of carboxylic acids is 1. The Morgan fingerprint density at radius 2 is 1.44 bits per heavy atom. The van der Waals surface area contributed by atoms with Crippen molar-refractivity contribution in [3.63, 3.8) is 0 Å². The van der Waals surface area contributed by atoms with Crippen LogP contribution in [0.25, 0.3) is 0 Å². The molecular formula is C26H29FN2O5. The lowest BCUT2D eigenvalue weighted by molar-refractivity contribution is -0.143. The second-order valence-corrected chi connectivity index (χ2v) is 8.98. The first-order valence-electron chi connectivity index (χ1n) is 11.8. The van der Waals surface area contributed by atoms with Crippen molar-refractivity contribution in [2.75, 3.05) is 13.1 Å². The summed E-state index contributed by atoms with van der Waals surface area (Å²) in [6, 6.07) is 11.3. The van der Waals surface area contributed by atoms with E-state index in [2.05, 4.69) is 10.6 Å². The van der Waals surface area contributed by atoms with Crippen molar-refractivity contribution < 1.29 is 28.6 Å². The molecule has 8 heteroatoms. The van der Waals surface area contributed by atoms with E-state index >= 15 is 0 Å². The van der Waals surface area contributed by atoms with Gasteiger partial charge in [-0.2, -0.15) is 0 Å². The summed E-state index contributed by atoms with van der Waals surface area (Å²) in [6.45, 7) is 0.453. The van der Waals surface area contributed by atoms with Crippen LogP contribution in [0.2, 0.25) is 0 Å². The quantitative estimate of drug-likeness (QED) is 0.485. The van der Waals surface area contributed by atoms with Crippen molar-refractivity contribution in [3.8, 4) is 5.75 Å². The van der Waals surface area contributed by atoms with Gasteiger partial charge in [0.05, 0.1) is 12.0 Å². The van der Waals surface area contributed by atoms with Crippen molar-refractivity contribution >= 4 is 17.8 Å². The minimum Gasteiger partial charge on any atom is -0.490 e. The molecule has 2 fully saturated rings. The lowest BCUT2D eigenvalue weighted by atomic mass is 9.87. The van der Waals surface area contributed by atoms with E-state index in [0.717, 1.165) is 12.8 Å². The van der Waals surface area contributed by atoms with Crippen molar-refractivity contribution in [1.82, 2.24) is 10.6 Å². The summed E-state index contributed by atoms with van der Waals surface area (Å²) in [4.78, 5) is 35.6. The molecule has 0 atom stereocenters. The van der Waals surface area contributed by atoms with Gasteiger partial charge in [0.15, 0.2) is 0 Å². The molecule has 0 unspecified atom stereocenters. The van der Waals surface area contributed by atoms with Crippen LogP contribution in [0.15, 0.2) is 42.5 Å². The molecule has 180 valence electrons. The zero-order valence-corrected chi connectivity index (χ0v) is 18.9. The van der Waals surface area contributed by atoms with Gasteiger partial charge in [-0.15, -0.1) is 0 Å². The summed E-state index contributed by atoms with van der Waals surface area (Å²) in [7, 11) is 0. The highest BCUT2D eigenvalue weighted by atomic mass is 19.1. The fourth-order valence-corrected chi connectivity index (χ4v) is 4.25. The summed E-state index contributed by atoms with van der Waals surface area (Å²) in [5, 5.41) is 14.5. The highest BCUT2D eigenvalue weighted by Crippen LogP contribution is 2.41. The van der Waals surface area contributed by atoms with Gasteiger partial charge in [-0.3, -0.25) is 14.4 Å². The molecule has 0 saturated heterocycles. The molecule has 2 amide bonds. The molecule has 0 heterocycles. The van der Waals surface area contributed by atoms with Gasteiger partial charge in [0.1, 0.15) is 11.6 Å². The number of halogens is 1. The number of hydrogen-bond acceptors (Lipinski definition) is 4. The van der Waals surface area contributed by atoms with Crippen molar-refractivity contribution in [1.29, 1.82) is 0 Å². The average molecular weight is 469 g/mol. The summed E-state index contributed by atoms with van der Waals surface area (Å²) in [6.07, 6.45) is 4.58. The largest absolute Gasteiger partial charge is 0.490 e. The molecular weight excluding hydrogens is 439 g/mol.